The van der Waals surface area contributed by atoms with E-state index in [4.69, 9.17) is 10.6 Å². The summed E-state index contributed by atoms with van der Waals surface area (Å²) >= 11 is 0. The third kappa shape index (κ3) is 4.62. The summed E-state index contributed by atoms with van der Waals surface area (Å²) in [5.74, 6) is -0.158. The molecule has 3 rings (SSSR count). The van der Waals surface area contributed by atoms with Gasteiger partial charge in [0.1, 0.15) is 5.71 Å². The number of amides is 3. The molecule has 2 atom stereocenters. The minimum Gasteiger partial charge on any atom is -0.390 e. The Bertz CT molecular complexity index is 649. The van der Waals surface area contributed by atoms with Crippen molar-refractivity contribution >= 4 is 23.3 Å². The summed E-state index contributed by atoms with van der Waals surface area (Å²) in [5, 5.41) is 9.24. The van der Waals surface area contributed by atoms with Gasteiger partial charge in [0.05, 0.1) is 6.54 Å². The highest BCUT2D eigenvalue weighted by Gasteiger charge is 2.25. The first kappa shape index (κ1) is 17.1. The summed E-state index contributed by atoms with van der Waals surface area (Å²) in [6, 6.07) is 10.0. The van der Waals surface area contributed by atoms with Crippen molar-refractivity contribution in [2.75, 3.05) is 31.1 Å². The van der Waals surface area contributed by atoms with Crippen LogP contribution in [0.3, 0.4) is 0 Å². The lowest BCUT2D eigenvalue weighted by Gasteiger charge is -2.19. The minimum absolute atomic E-state index is 0.208. The SMILES string of the molecule is NC(=O)C1=NOC(CNC(=O)NCC2CCN(c3ccccc3)C2)C1. The molecule has 2 unspecified atom stereocenters. The molecule has 1 saturated heterocycles. The van der Waals surface area contributed by atoms with Crippen LogP contribution >= 0.6 is 0 Å². The largest absolute Gasteiger partial charge is 0.390 e. The van der Waals surface area contributed by atoms with Gasteiger partial charge < -0.3 is 26.1 Å². The zero-order valence-corrected chi connectivity index (χ0v) is 14.0. The zero-order chi connectivity index (χ0) is 17.6. The molecule has 8 heteroatoms. The predicted molar refractivity (Wildman–Crippen MR) is 94.3 cm³/mol. The van der Waals surface area contributed by atoms with Gasteiger partial charge >= 0.3 is 6.03 Å². The molecule has 0 saturated carbocycles. The lowest BCUT2D eigenvalue weighted by Crippen LogP contribution is -2.42. The molecular weight excluding hydrogens is 322 g/mol. The second-order valence-corrected chi connectivity index (χ2v) is 6.36. The van der Waals surface area contributed by atoms with Crippen LogP contribution in [-0.4, -0.2) is 49.9 Å². The Morgan fingerprint density at radius 2 is 2.00 bits per heavy atom. The summed E-state index contributed by atoms with van der Waals surface area (Å²) < 4.78 is 0. The molecule has 0 aromatic heterocycles. The molecule has 25 heavy (non-hydrogen) atoms. The molecule has 1 aromatic carbocycles. The molecule has 1 aromatic rings. The molecular formula is C17H23N5O3. The molecule has 0 bridgehead atoms. The fourth-order valence-corrected chi connectivity index (χ4v) is 3.06. The number of para-hydroxylation sites is 1. The molecule has 8 nitrogen and oxygen atoms in total. The maximum absolute atomic E-state index is 11.9. The van der Waals surface area contributed by atoms with Gasteiger partial charge in [-0.3, -0.25) is 4.79 Å². The van der Waals surface area contributed by atoms with Crippen LogP contribution in [-0.2, 0) is 9.63 Å². The van der Waals surface area contributed by atoms with E-state index in [1.807, 2.05) is 18.2 Å². The van der Waals surface area contributed by atoms with Gasteiger partial charge in [0.25, 0.3) is 5.91 Å². The van der Waals surface area contributed by atoms with E-state index in [1.165, 1.54) is 5.69 Å². The Kier molecular flexibility index (Phi) is 5.37. The third-order valence-corrected chi connectivity index (χ3v) is 4.47. The third-order valence-electron chi connectivity index (χ3n) is 4.47. The van der Waals surface area contributed by atoms with Gasteiger partial charge in [-0.05, 0) is 24.5 Å². The monoisotopic (exact) mass is 345 g/mol. The molecule has 3 amide bonds. The van der Waals surface area contributed by atoms with Crippen LogP contribution in [0.2, 0.25) is 0 Å². The number of urea groups is 1. The van der Waals surface area contributed by atoms with Crippen molar-refractivity contribution in [3.63, 3.8) is 0 Å². The van der Waals surface area contributed by atoms with Crippen LogP contribution in [0.4, 0.5) is 10.5 Å². The van der Waals surface area contributed by atoms with Gasteiger partial charge in [0.2, 0.25) is 0 Å². The number of rotatable bonds is 6. The van der Waals surface area contributed by atoms with Crippen molar-refractivity contribution in [3.05, 3.63) is 30.3 Å². The smallest absolute Gasteiger partial charge is 0.314 e. The number of primary amides is 1. The van der Waals surface area contributed by atoms with Crippen molar-refractivity contribution in [2.24, 2.45) is 16.8 Å². The van der Waals surface area contributed by atoms with Gasteiger partial charge in [0, 0.05) is 31.7 Å². The van der Waals surface area contributed by atoms with Gasteiger partial charge in [-0.15, -0.1) is 0 Å². The molecule has 0 spiro atoms. The molecule has 2 aliphatic heterocycles. The lowest BCUT2D eigenvalue weighted by molar-refractivity contribution is -0.112. The quantitative estimate of drug-likeness (QED) is 0.695. The van der Waals surface area contributed by atoms with Gasteiger partial charge in [0.15, 0.2) is 6.10 Å². The number of carbonyl (C=O) groups excluding carboxylic acids is 2. The van der Waals surface area contributed by atoms with Crippen LogP contribution < -0.4 is 21.3 Å². The molecule has 4 N–H and O–H groups in total. The van der Waals surface area contributed by atoms with Crippen LogP contribution in [0, 0.1) is 5.92 Å². The lowest BCUT2D eigenvalue weighted by atomic mass is 10.1. The standard InChI is InChI=1S/C17H23N5O3/c18-16(23)15-8-14(25-21-15)10-20-17(24)19-9-12-6-7-22(11-12)13-4-2-1-3-5-13/h1-5,12,14H,6-11H2,(H2,18,23)(H2,19,20,24). The van der Waals surface area contributed by atoms with Crippen molar-refractivity contribution in [1.29, 1.82) is 0 Å². The molecule has 134 valence electrons. The van der Waals surface area contributed by atoms with Gasteiger partial charge in [-0.2, -0.15) is 0 Å². The molecule has 0 aliphatic carbocycles. The number of anilines is 1. The first-order valence-electron chi connectivity index (χ1n) is 8.46. The molecule has 2 heterocycles. The fraction of sp³-hybridized carbons (Fsp3) is 0.471. The molecule has 0 radical (unpaired) electrons. The average Bonchev–Trinajstić information content (AvgIpc) is 3.28. The summed E-state index contributed by atoms with van der Waals surface area (Å²) in [4.78, 5) is 30.3. The summed E-state index contributed by atoms with van der Waals surface area (Å²) in [7, 11) is 0. The first-order valence-corrected chi connectivity index (χ1v) is 8.46. The Labute approximate surface area is 146 Å². The number of nitrogens with two attached hydrogens (primary N) is 1. The second kappa shape index (κ2) is 7.87. The van der Waals surface area contributed by atoms with E-state index in [-0.39, 0.29) is 24.4 Å². The van der Waals surface area contributed by atoms with Crippen molar-refractivity contribution < 1.29 is 14.4 Å². The van der Waals surface area contributed by atoms with E-state index in [0.29, 0.717) is 18.9 Å². The van der Waals surface area contributed by atoms with Gasteiger partial charge in [-0.25, -0.2) is 4.79 Å². The van der Waals surface area contributed by atoms with Crippen molar-refractivity contribution in [3.8, 4) is 0 Å². The van der Waals surface area contributed by atoms with Crippen molar-refractivity contribution in [1.82, 2.24) is 10.6 Å². The maximum Gasteiger partial charge on any atom is 0.314 e. The Hall–Kier alpha value is -2.77. The van der Waals surface area contributed by atoms with E-state index < -0.39 is 5.91 Å². The zero-order valence-electron chi connectivity index (χ0n) is 14.0. The van der Waals surface area contributed by atoms with E-state index in [0.717, 1.165) is 19.5 Å². The number of carbonyl (C=O) groups is 2. The van der Waals surface area contributed by atoms with E-state index in [9.17, 15) is 9.59 Å². The normalized spacial score (nSPS) is 22.2. The Balaban J connectivity index is 1.33. The number of hydrogen-bond donors (Lipinski definition) is 3. The van der Waals surface area contributed by atoms with Crippen molar-refractivity contribution in [2.45, 2.75) is 18.9 Å². The topological polar surface area (TPSA) is 109 Å². The summed E-state index contributed by atoms with van der Waals surface area (Å²) in [6.07, 6.45) is 1.04. The fourth-order valence-electron chi connectivity index (χ4n) is 3.06. The Morgan fingerprint density at radius 1 is 1.24 bits per heavy atom. The van der Waals surface area contributed by atoms with Gasteiger partial charge in [-0.1, -0.05) is 23.4 Å². The maximum atomic E-state index is 11.9. The predicted octanol–water partition coefficient (Wildman–Crippen LogP) is 0.442. The average molecular weight is 345 g/mol. The highest BCUT2D eigenvalue weighted by Crippen LogP contribution is 2.22. The van der Waals surface area contributed by atoms with E-state index in [1.54, 1.807) is 0 Å². The van der Waals surface area contributed by atoms with Crippen LogP contribution in [0.1, 0.15) is 12.8 Å². The minimum atomic E-state index is -0.587. The van der Waals surface area contributed by atoms with E-state index in [2.05, 4.69) is 32.8 Å². The number of benzene rings is 1. The molecule has 2 aliphatic rings. The molecule has 1 fully saturated rings. The number of nitrogens with one attached hydrogen (secondary N) is 2. The number of oxime groups is 1. The second-order valence-electron chi connectivity index (χ2n) is 6.36. The first-order chi connectivity index (χ1) is 12.1. The van der Waals surface area contributed by atoms with E-state index >= 15 is 0 Å². The number of hydrogen-bond acceptors (Lipinski definition) is 5. The highest BCUT2D eigenvalue weighted by atomic mass is 16.6. The highest BCUT2D eigenvalue weighted by molar-refractivity contribution is 6.38. The number of nitrogens with zero attached hydrogens (tertiary/aromatic N) is 2. The summed E-state index contributed by atoms with van der Waals surface area (Å²) in [6.45, 7) is 2.85. The summed E-state index contributed by atoms with van der Waals surface area (Å²) in [5.41, 5.74) is 6.56. The Morgan fingerprint density at radius 3 is 2.72 bits per heavy atom. The van der Waals surface area contributed by atoms with Crippen LogP contribution in [0.15, 0.2) is 35.5 Å². The van der Waals surface area contributed by atoms with Crippen LogP contribution in [0.25, 0.3) is 0 Å². The van der Waals surface area contributed by atoms with Crippen LogP contribution in [0.5, 0.6) is 0 Å².